The van der Waals surface area contributed by atoms with Crippen LogP contribution in [-0.2, 0) is 16.0 Å². The summed E-state index contributed by atoms with van der Waals surface area (Å²) in [4.78, 5) is 7.00. The summed E-state index contributed by atoms with van der Waals surface area (Å²) in [6.45, 7) is 5.40. The van der Waals surface area contributed by atoms with Crippen LogP contribution >= 0.6 is 0 Å². The fourth-order valence-corrected chi connectivity index (χ4v) is 4.53. The Kier molecular flexibility index (Phi) is 9.30. The first-order valence-corrected chi connectivity index (χ1v) is 11.4. The van der Waals surface area contributed by atoms with Gasteiger partial charge in [0.15, 0.2) is 9.84 Å². The Morgan fingerprint density at radius 3 is 2.24 bits per heavy atom. The van der Waals surface area contributed by atoms with Crippen molar-refractivity contribution in [2.45, 2.75) is 75.0 Å². The van der Waals surface area contributed by atoms with Gasteiger partial charge in [0.1, 0.15) is 5.70 Å². The quantitative estimate of drug-likeness (QED) is 0.268. The maximum atomic E-state index is 13.0. The molecule has 0 aliphatic carbocycles. The van der Waals surface area contributed by atoms with E-state index in [4.69, 9.17) is 5.73 Å². The highest BCUT2D eigenvalue weighted by Gasteiger charge is 2.38. The fourth-order valence-electron chi connectivity index (χ4n) is 2.94. The molecule has 0 amide bonds. The topological polar surface area (TPSA) is 84.9 Å². The van der Waals surface area contributed by atoms with Gasteiger partial charge < -0.3 is 5.73 Å². The molecule has 1 unspecified atom stereocenters. The Hall–Kier alpha value is -2.37. The molecule has 1 rings (SSSR count). The van der Waals surface area contributed by atoms with Crippen LogP contribution in [0.25, 0.3) is 0 Å². The minimum absolute atomic E-state index is 0.0187. The number of rotatable bonds is 9. The number of allylic oxidation sites excluding steroid dienone is 2. The zero-order valence-corrected chi connectivity index (χ0v) is 19.4. The van der Waals surface area contributed by atoms with Crippen LogP contribution in [0.15, 0.2) is 50.9 Å². The van der Waals surface area contributed by atoms with Gasteiger partial charge >= 0.3 is 12.4 Å². The van der Waals surface area contributed by atoms with Gasteiger partial charge in [-0.05, 0) is 65.2 Å². The number of amidine groups is 1. The van der Waals surface area contributed by atoms with Crippen LogP contribution in [0.5, 0.6) is 0 Å². The fraction of sp³-hybridized carbons (Fsp3) is 0.524. The summed E-state index contributed by atoms with van der Waals surface area (Å²) in [6.07, 6.45) is -7.19. The van der Waals surface area contributed by atoms with E-state index in [0.717, 1.165) is 30.5 Å². The van der Waals surface area contributed by atoms with Gasteiger partial charge in [-0.3, -0.25) is 9.98 Å². The number of benzene rings is 1. The number of alkyl halides is 6. The Morgan fingerprint density at radius 1 is 1.15 bits per heavy atom. The number of hydrogen-bond acceptors (Lipinski definition) is 4. The molecule has 0 aliphatic heterocycles. The normalized spacial score (nSPS) is 15.8. The lowest BCUT2D eigenvalue weighted by molar-refractivity contribution is -0.137. The van der Waals surface area contributed by atoms with Gasteiger partial charge in [0.2, 0.25) is 0 Å². The second kappa shape index (κ2) is 10.7. The highest BCUT2D eigenvalue weighted by Crippen LogP contribution is 2.35. The zero-order valence-electron chi connectivity index (χ0n) is 18.6. The van der Waals surface area contributed by atoms with Gasteiger partial charge in [-0.25, -0.2) is 8.42 Å². The van der Waals surface area contributed by atoms with Gasteiger partial charge in [0, 0.05) is 6.21 Å². The van der Waals surface area contributed by atoms with Crippen LogP contribution in [0, 0.1) is 0 Å². The average Bonchev–Trinajstić information content (AvgIpc) is 2.65. The van der Waals surface area contributed by atoms with Gasteiger partial charge in [0.05, 0.1) is 27.1 Å². The van der Waals surface area contributed by atoms with Gasteiger partial charge in [0.25, 0.3) is 0 Å². The predicted octanol–water partition coefficient (Wildman–Crippen LogP) is 5.71. The highest BCUT2D eigenvalue weighted by molar-refractivity contribution is 7.92. The van der Waals surface area contributed by atoms with E-state index < -0.39 is 49.1 Å². The Bertz CT molecular complexity index is 1010. The molecule has 0 fully saturated rings. The van der Waals surface area contributed by atoms with Crippen LogP contribution in [0.2, 0.25) is 0 Å². The van der Waals surface area contributed by atoms with Gasteiger partial charge in [-0.2, -0.15) is 26.3 Å². The number of hydrogen-bond donors (Lipinski definition) is 1. The average molecular weight is 500 g/mol. The number of nitrogens with two attached hydrogens (primary N) is 1. The second-order valence-electron chi connectivity index (χ2n) is 7.97. The van der Waals surface area contributed by atoms with E-state index in [-0.39, 0.29) is 25.1 Å². The first kappa shape index (κ1) is 28.7. The minimum Gasteiger partial charge on any atom is -0.388 e. The van der Waals surface area contributed by atoms with E-state index in [0.29, 0.717) is 6.07 Å². The van der Waals surface area contributed by atoms with E-state index in [1.807, 2.05) is 0 Å². The third-order valence-corrected chi connectivity index (χ3v) is 7.33. The van der Waals surface area contributed by atoms with E-state index >= 15 is 0 Å². The number of nitrogens with zero attached hydrogens (tertiary/aromatic N) is 2. The molecule has 0 bridgehead atoms. The summed E-state index contributed by atoms with van der Waals surface area (Å²) in [5, 5.41) is 0. The van der Waals surface area contributed by atoms with Crippen molar-refractivity contribution in [2.24, 2.45) is 15.7 Å². The van der Waals surface area contributed by atoms with E-state index in [9.17, 15) is 34.8 Å². The Morgan fingerprint density at radius 2 is 1.76 bits per heavy atom. The summed E-state index contributed by atoms with van der Waals surface area (Å²) < 4.78 is 102. The van der Waals surface area contributed by atoms with E-state index in [1.54, 1.807) is 0 Å². The SMILES string of the molecule is C/C=C(\N=CC(CCCC(C)(C)S(=O)(=O)c1cccc(C(F)(F)F)c1)N=C(C)N)C(F)(F)F. The molecule has 186 valence electrons. The summed E-state index contributed by atoms with van der Waals surface area (Å²) >= 11 is 0. The van der Waals surface area contributed by atoms with E-state index in [2.05, 4.69) is 9.98 Å². The van der Waals surface area contributed by atoms with Crippen LogP contribution in [0.4, 0.5) is 26.3 Å². The van der Waals surface area contributed by atoms with Crippen molar-refractivity contribution in [3.63, 3.8) is 0 Å². The standard InChI is InChI=1S/C21H27F6N3O2S/c1-5-18(21(25,26)27)29-13-16(30-14(2)28)9-7-11-19(3,4)33(31,32)17-10-6-8-15(12-17)20(22,23)24/h5-6,8,10,12-13,16H,7,9,11H2,1-4H3,(H2,28,30)/b18-5-,29-13?. The molecule has 0 saturated heterocycles. The molecule has 2 N–H and O–H groups in total. The molecule has 1 atom stereocenters. The lowest BCUT2D eigenvalue weighted by Gasteiger charge is -2.25. The smallest absolute Gasteiger partial charge is 0.388 e. The van der Waals surface area contributed by atoms with E-state index in [1.165, 1.54) is 27.7 Å². The van der Waals surface area contributed by atoms with Gasteiger partial charge in [-0.1, -0.05) is 12.1 Å². The summed E-state index contributed by atoms with van der Waals surface area (Å²) in [6, 6.07) is 2.66. The lowest BCUT2D eigenvalue weighted by atomic mass is 10.0. The number of aliphatic imine (C=N–C) groups is 2. The number of sulfone groups is 1. The second-order valence-corrected chi connectivity index (χ2v) is 10.6. The largest absolute Gasteiger partial charge is 0.432 e. The highest BCUT2D eigenvalue weighted by atomic mass is 32.2. The maximum Gasteiger partial charge on any atom is 0.432 e. The first-order chi connectivity index (χ1) is 14.9. The Balaban J connectivity index is 3.03. The molecule has 0 aliphatic rings. The molecular weight excluding hydrogens is 472 g/mol. The molecule has 0 heterocycles. The molecule has 1 aromatic rings. The predicted molar refractivity (Wildman–Crippen MR) is 116 cm³/mol. The van der Waals surface area contributed by atoms with Crippen LogP contribution in [0.1, 0.15) is 52.5 Å². The lowest BCUT2D eigenvalue weighted by Crippen LogP contribution is -2.32. The molecular formula is C21H27F6N3O2S. The summed E-state index contributed by atoms with van der Waals surface area (Å²) in [5.74, 6) is 0.108. The van der Waals surface area contributed by atoms with Crippen molar-refractivity contribution in [3.8, 4) is 0 Å². The molecule has 0 spiro atoms. The molecule has 1 aromatic carbocycles. The molecule has 33 heavy (non-hydrogen) atoms. The minimum atomic E-state index is -4.69. The third kappa shape index (κ3) is 8.17. The summed E-state index contributed by atoms with van der Waals surface area (Å²) in [7, 11) is -4.14. The first-order valence-electron chi connectivity index (χ1n) is 9.91. The van der Waals surface area contributed by atoms with Crippen LogP contribution in [0.3, 0.4) is 0 Å². The van der Waals surface area contributed by atoms with Crippen molar-refractivity contribution in [1.82, 2.24) is 0 Å². The van der Waals surface area contributed by atoms with Crippen molar-refractivity contribution in [3.05, 3.63) is 41.6 Å². The molecule has 5 nitrogen and oxygen atoms in total. The maximum absolute atomic E-state index is 13.0. The van der Waals surface area contributed by atoms with Crippen molar-refractivity contribution in [1.29, 1.82) is 0 Å². The number of halogens is 6. The molecule has 12 heteroatoms. The Labute approximate surface area is 189 Å². The molecule has 0 saturated carbocycles. The van der Waals surface area contributed by atoms with Crippen LogP contribution in [-0.4, -0.2) is 37.4 Å². The molecule has 0 radical (unpaired) electrons. The van der Waals surface area contributed by atoms with Crippen LogP contribution < -0.4 is 5.73 Å². The van der Waals surface area contributed by atoms with Crippen molar-refractivity contribution >= 4 is 21.9 Å². The third-order valence-electron chi connectivity index (χ3n) is 4.80. The molecule has 0 aromatic heterocycles. The van der Waals surface area contributed by atoms with Gasteiger partial charge in [-0.15, -0.1) is 0 Å². The van der Waals surface area contributed by atoms with Crippen molar-refractivity contribution in [2.75, 3.05) is 0 Å². The summed E-state index contributed by atoms with van der Waals surface area (Å²) in [5.41, 5.74) is 3.35. The zero-order chi connectivity index (χ0) is 25.7. The van der Waals surface area contributed by atoms with Crippen molar-refractivity contribution < 1.29 is 34.8 Å². The monoisotopic (exact) mass is 499 g/mol.